The molecule has 1 heterocycles. The van der Waals surface area contributed by atoms with Gasteiger partial charge in [0.05, 0.1) is 23.1 Å². The van der Waals surface area contributed by atoms with Crippen LogP contribution in [0.2, 0.25) is 0 Å². The molecule has 1 saturated heterocycles. The van der Waals surface area contributed by atoms with Gasteiger partial charge < -0.3 is 10.1 Å². The van der Waals surface area contributed by atoms with Gasteiger partial charge in [-0.25, -0.2) is 4.79 Å². The molecule has 0 radical (unpaired) electrons. The monoisotopic (exact) mass is 588 g/mol. The molecule has 3 atom stereocenters. The van der Waals surface area contributed by atoms with Crippen molar-refractivity contribution in [2.45, 2.75) is 39.0 Å². The number of carbonyl (C=O) groups excluding carboxylic acids is 4. The molecule has 0 aromatic heterocycles. The summed E-state index contributed by atoms with van der Waals surface area (Å²) in [5, 5.41) is 2.76. The summed E-state index contributed by atoms with van der Waals surface area (Å²) in [5.41, 5.74) is 4.36. The van der Waals surface area contributed by atoms with Crippen molar-refractivity contribution >= 4 is 51.0 Å². The van der Waals surface area contributed by atoms with E-state index >= 15 is 0 Å². The predicted octanol–water partition coefficient (Wildman–Crippen LogP) is 5.93. The number of esters is 1. The van der Waals surface area contributed by atoms with Crippen molar-refractivity contribution < 1.29 is 23.9 Å². The number of carbonyl (C=O) groups is 4. The first-order valence-corrected chi connectivity index (χ1v) is 13.8. The quantitative estimate of drug-likeness (QED) is 0.284. The Morgan fingerprint density at radius 1 is 0.923 bits per heavy atom. The Bertz CT molecular complexity index is 1440. The van der Waals surface area contributed by atoms with Gasteiger partial charge in [-0.2, -0.15) is 0 Å². The number of nitrogens with one attached hydrogen (secondary N) is 1. The smallest absolute Gasteiger partial charge is 0.338 e. The Morgan fingerprint density at radius 2 is 1.62 bits per heavy atom. The molecule has 0 unspecified atom stereocenters. The van der Waals surface area contributed by atoms with Crippen LogP contribution in [0.3, 0.4) is 0 Å². The van der Waals surface area contributed by atoms with Crippen molar-refractivity contribution in [1.29, 1.82) is 0 Å². The highest BCUT2D eigenvalue weighted by Gasteiger charge is 2.50. The second kappa shape index (κ2) is 11.1. The van der Waals surface area contributed by atoms with Crippen LogP contribution in [-0.2, 0) is 19.1 Å². The molecule has 1 saturated carbocycles. The lowest BCUT2D eigenvalue weighted by Gasteiger charge is -2.28. The van der Waals surface area contributed by atoms with Crippen LogP contribution in [0.25, 0.3) is 0 Å². The van der Waals surface area contributed by atoms with E-state index in [0.29, 0.717) is 24.2 Å². The van der Waals surface area contributed by atoms with Crippen LogP contribution in [0.1, 0.15) is 52.2 Å². The maximum Gasteiger partial charge on any atom is 0.338 e. The van der Waals surface area contributed by atoms with E-state index in [9.17, 15) is 19.2 Å². The largest absolute Gasteiger partial charge is 0.452 e. The van der Waals surface area contributed by atoms with Gasteiger partial charge in [0.25, 0.3) is 5.91 Å². The van der Waals surface area contributed by atoms with E-state index in [1.165, 1.54) is 22.6 Å². The number of benzene rings is 3. The first kappa shape index (κ1) is 26.8. The Balaban J connectivity index is 1.20. The number of imide groups is 1. The fraction of sp³-hybridized carbons (Fsp3) is 0.290. The minimum absolute atomic E-state index is 0.179. The van der Waals surface area contributed by atoms with Crippen LogP contribution in [0.5, 0.6) is 0 Å². The molecule has 39 heavy (non-hydrogen) atoms. The average Bonchev–Trinajstić information content (AvgIpc) is 3.19. The van der Waals surface area contributed by atoms with Crippen molar-refractivity contribution in [2.75, 3.05) is 16.8 Å². The predicted molar refractivity (Wildman–Crippen MR) is 151 cm³/mol. The van der Waals surface area contributed by atoms with Crippen molar-refractivity contribution in [3.8, 4) is 0 Å². The summed E-state index contributed by atoms with van der Waals surface area (Å²) < 4.78 is 6.13. The Morgan fingerprint density at radius 3 is 2.33 bits per heavy atom. The number of hydrogen-bond donors (Lipinski definition) is 1. The fourth-order valence-electron chi connectivity index (χ4n) is 5.52. The van der Waals surface area contributed by atoms with Gasteiger partial charge in [-0.1, -0.05) is 46.3 Å². The summed E-state index contributed by atoms with van der Waals surface area (Å²) in [6.45, 7) is 3.35. The highest BCUT2D eigenvalue weighted by molar-refractivity contribution is 9.10. The normalized spacial score (nSPS) is 20.5. The number of rotatable bonds is 6. The van der Waals surface area contributed by atoms with Crippen molar-refractivity contribution in [2.24, 2.45) is 11.8 Å². The first-order chi connectivity index (χ1) is 18.7. The highest BCUT2D eigenvalue weighted by Crippen LogP contribution is 2.45. The molecule has 3 aromatic carbocycles. The number of halogens is 1. The second-order valence-corrected chi connectivity index (χ2v) is 11.1. The molecule has 1 N–H and O–H groups in total. The van der Waals surface area contributed by atoms with Gasteiger partial charge >= 0.3 is 5.97 Å². The van der Waals surface area contributed by atoms with Crippen LogP contribution in [-0.4, -0.2) is 30.3 Å². The van der Waals surface area contributed by atoms with Crippen LogP contribution in [0.4, 0.5) is 11.4 Å². The van der Waals surface area contributed by atoms with E-state index in [0.717, 1.165) is 22.0 Å². The summed E-state index contributed by atoms with van der Waals surface area (Å²) in [6.07, 6.45) is 2.20. The van der Waals surface area contributed by atoms with Crippen LogP contribution in [0.15, 0.2) is 71.2 Å². The number of nitrogens with zero attached hydrogens (tertiary/aromatic N) is 1. The number of ether oxygens (including phenoxy) is 1. The molecule has 5 rings (SSSR count). The molecule has 2 aliphatic rings. The lowest BCUT2D eigenvalue weighted by Crippen LogP contribution is -2.30. The lowest BCUT2D eigenvalue weighted by atomic mass is 9.73. The van der Waals surface area contributed by atoms with Gasteiger partial charge in [-0.3, -0.25) is 19.3 Å². The summed E-state index contributed by atoms with van der Waals surface area (Å²) in [5.74, 6) is -1.86. The van der Waals surface area contributed by atoms with Crippen molar-refractivity contribution in [1.82, 2.24) is 0 Å². The van der Waals surface area contributed by atoms with E-state index in [1.54, 1.807) is 12.1 Å². The van der Waals surface area contributed by atoms with Crippen LogP contribution >= 0.6 is 15.9 Å². The maximum atomic E-state index is 13.3. The Hall–Kier alpha value is -3.78. The maximum absolute atomic E-state index is 13.3. The van der Waals surface area contributed by atoms with Gasteiger partial charge in [-0.05, 0) is 92.1 Å². The number of fused-ring (bicyclic) bond motifs is 1. The van der Waals surface area contributed by atoms with Gasteiger partial charge in [0.2, 0.25) is 11.8 Å². The molecular weight excluding hydrogens is 560 g/mol. The number of anilines is 2. The zero-order chi connectivity index (χ0) is 27.7. The molecule has 3 amide bonds. The minimum atomic E-state index is -0.668. The molecular formula is C31H29BrN2O5. The zero-order valence-electron chi connectivity index (χ0n) is 21.8. The van der Waals surface area contributed by atoms with E-state index in [1.807, 2.05) is 44.2 Å². The molecule has 0 bridgehead atoms. The molecule has 1 aliphatic heterocycles. The third-order valence-electron chi connectivity index (χ3n) is 7.67. The third kappa shape index (κ3) is 5.52. The number of aryl methyl sites for hydroxylation is 2. The molecule has 0 spiro atoms. The standard InChI is InChI=1S/C31H29BrN2O5/c1-18-15-27(19(2)14-26(18)32)33-28(35)17-39-31(38)21-8-11-23(12-9-21)34-29(36)24-13-10-22(16-25(24)30(34)37)20-6-4-3-5-7-20/h3-9,11-12,14-15,22,24-25H,10,13,16-17H2,1-2H3,(H,33,35)/t22-,24-,25+/m1/s1. The minimum Gasteiger partial charge on any atom is -0.452 e. The average molecular weight is 589 g/mol. The molecule has 8 heteroatoms. The SMILES string of the molecule is Cc1cc(NC(=O)COC(=O)c2ccc(N3C(=O)[C@H]4C[C@H](c5ccccc5)CC[C@H]4C3=O)cc2)c(C)cc1Br. The number of amides is 3. The van der Waals surface area contributed by atoms with Gasteiger partial charge in [-0.15, -0.1) is 0 Å². The second-order valence-electron chi connectivity index (χ2n) is 10.2. The van der Waals surface area contributed by atoms with E-state index in [2.05, 4.69) is 33.4 Å². The Labute approximate surface area is 235 Å². The molecule has 200 valence electrons. The van der Waals surface area contributed by atoms with Crippen LogP contribution in [0, 0.1) is 25.7 Å². The summed E-state index contributed by atoms with van der Waals surface area (Å²) in [4.78, 5) is 52.6. The van der Waals surface area contributed by atoms with Gasteiger partial charge in [0.15, 0.2) is 6.61 Å². The van der Waals surface area contributed by atoms with E-state index < -0.39 is 18.5 Å². The number of hydrogen-bond acceptors (Lipinski definition) is 5. The summed E-state index contributed by atoms with van der Waals surface area (Å²) in [6, 6.07) is 20.0. The first-order valence-electron chi connectivity index (χ1n) is 13.0. The highest BCUT2D eigenvalue weighted by atomic mass is 79.9. The van der Waals surface area contributed by atoms with Crippen molar-refractivity contribution in [3.05, 3.63) is 93.5 Å². The van der Waals surface area contributed by atoms with E-state index in [-0.39, 0.29) is 35.1 Å². The Kier molecular flexibility index (Phi) is 7.66. The molecule has 2 fully saturated rings. The van der Waals surface area contributed by atoms with Crippen LogP contribution < -0.4 is 10.2 Å². The molecule has 1 aliphatic carbocycles. The van der Waals surface area contributed by atoms with Gasteiger partial charge in [0.1, 0.15) is 0 Å². The topological polar surface area (TPSA) is 92.8 Å². The fourth-order valence-corrected chi connectivity index (χ4v) is 5.98. The molecule has 7 nitrogen and oxygen atoms in total. The molecule has 3 aromatic rings. The third-order valence-corrected chi connectivity index (χ3v) is 8.53. The van der Waals surface area contributed by atoms with E-state index in [4.69, 9.17) is 4.74 Å². The van der Waals surface area contributed by atoms with Gasteiger partial charge in [0, 0.05) is 10.2 Å². The summed E-state index contributed by atoms with van der Waals surface area (Å²) >= 11 is 3.46. The summed E-state index contributed by atoms with van der Waals surface area (Å²) in [7, 11) is 0. The van der Waals surface area contributed by atoms with Crippen molar-refractivity contribution in [3.63, 3.8) is 0 Å². The zero-order valence-corrected chi connectivity index (χ0v) is 23.4. The lowest BCUT2D eigenvalue weighted by molar-refractivity contribution is -0.122.